The molecule has 1 aromatic rings. The second-order valence-corrected chi connectivity index (χ2v) is 3.84. The van der Waals surface area contributed by atoms with Crippen LogP contribution in [0.1, 0.15) is 23.2 Å². The molecular formula is C9H11ClN4O. The number of nitrogens with one attached hydrogen (secondary N) is 2. The topological polar surface area (TPSA) is 80.0 Å². The van der Waals surface area contributed by atoms with Gasteiger partial charge < -0.3 is 10.7 Å². The first-order valence-corrected chi connectivity index (χ1v) is 5.02. The second kappa shape index (κ2) is 4.04. The normalized spacial score (nSPS) is 14.8. The molecule has 0 radical (unpaired) electrons. The van der Waals surface area contributed by atoms with E-state index in [1.807, 2.05) is 0 Å². The summed E-state index contributed by atoms with van der Waals surface area (Å²) in [6.07, 6.45) is 2.10. The number of nitrogens with two attached hydrogens (primary N) is 1. The predicted molar refractivity (Wildman–Crippen MR) is 57.5 cm³/mol. The minimum Gasteiger partial charge on any atom is -0.349 e. The van der Waals surface area contributed by atoms with Crippen molar-refractivity contribution in [1.29, 1.82) is 0 Å². The lowest BCUT2D eigenvalue weighted by atomic mass is 10.2. The van der Waals surface area contributed by atoms with E-state index in [2.05, 4.69) is 15.7 Å². The van der Waals surface area contributed by atoms with Gasteiger partial charge in [0.15, 0.2) is 0 Å². The molecule has 1 aromatic heterocycles. The molecule has 0 saturated heterocycles. The van der Waals surface area contributed by atoms with Gasteiger partial charge in [-0.25, -0.2) is 10.8 Å². The van der Waals surface area contributed by atoms with Gasteiger partial charge in [-0.15, -0.1) is 0 Å². The van der Waals surface area contributed by atoms with Crippen molar-refractivity contribution in [2.75, 3.05) is 5.43 Å². The average Bonchev–Trinajstić information content (AvgIpc) is 3.00. The lowest BCUT2D eigenvalue weighted by Gasteiger charge is -2.05. The first-order chi connectivity index (χ1) is 7.19. The predicted octanol–water partition coefficient (Wildman–Crippen LogP) is 0.913. The van der Waals surface area contributed by atoms with Crippen molar-refractivity contribution < 1.29 is 4.79 Å². The van der Waals surface area contributed by atoms with E-state index in [9.17, 15) is 4.79 Å². The zero-order chi connectivity index (χ0) is 10.8. The fourth-order valence-electron chi connectivity index (χ4n) is 1.20. The van der Waals surface area contributed by atoms with Gasteiger partial charge in [0.2, 0.25) is 0 Å². The molecule has 0 bridgehead atoms. The van der Waals surface area contributed by atoms with Crippen LogP contribution in [-0.4, -0.2) is 16.9 Å². The number of anilines is 1. The largest absolute Gasteiger partial charge is 0.349 e. The molecule has 1 aliphatic carbocycles. The van der Waals surface area contributed by atoms with E-state index in [1.54, 1.807) is 6.07 Å². The van der Waals surface area contributed by atoms with Crippen LogP contribution >= 0.6 is 11.6 Å². The average molecular weight is 227 g/mol. The van der Waals surface area contributed by atoms with E-state index < -0.39 is 0 Å². The third-order valence-electron chi connectivity index (χ3n) is 2.12. The van der Waals surface area contributed by atoms with Crippen LogP contribution in [0.15, 0.2) is 12.1 Å². The first-order valence-electron chi connectivity index (χ1n) is 4.64. The van der Waals surface area contributed by atoms with E-state index in [0.717, 1.165) is 12.8 Å². The van der Waals surface area contributed by atoms with Gasteiger partial charge in [0, 0.05) is 11.6 Å². The molecule has 15 heavy (non-hydrogen) atoms. The lowest BCUT2D eigenvalue weighted by Crippen LogP contribution is -2.25. The van der Waals surface area contributed by atoms with Crippen LogP contribution in [0.5, 0.6) is 0 Å². The highest BCUT2D eigenvalue weighted by Gasteiger charge is 2.24. The van der Waals surface area contributed by atoms with Gasteiger partial charge in [-0.05, 0) is 25.0 Å². The number of carbonyl (C=O) groups excluding carboxylic acids is 1. The van der Waals surface area contributed by atoms with Gasteiger partial charge in [-0.1, -0.05) is 11.6 Å². The molecule has 0 spiro atoms. The van der Waals surface area contributed by atoms with Crippen LogP contribution in [0.25, 0.3) is 0 Å². The SMILES string of the molecule is NNc1cc(C(=O)NC2CC2)cc(Cl)n1. The summed E-state index contributed by atoms with van der Waals surface area (Å²) < 4.78 is 0. The third kappa shape index (κ3) is 2.57. The minimum atomic E-state index is -0.140. The van der Waals surface area contributed by atoms with Gasteiger partial charge in [0.05, 0.1) is 0 Å². The van der Waals surface area contributed by atoms with Crippen molar-refractivity contribution >= 4 is 23.3 Å². The number of hydrogen-bond donors (Lipinski definition) is 3. The number of carbonyl (C=O) groups is 1. The molecule has 1 amide bonds. The third-order valence-corrected chi connectivity index (χ3v) is 2.31. The van der Waals surface area contributed by atoms with E-state index in [1.165, 1.54) is 6.07 Å². The molecule has 0 aromatic carbocycles. The zero-order valence-corrected chi connectivity index (χ0v) is 8.71. The van der Waals surface area contributed by atoms with Crippen molar-refractivity contribution in [2.45, 2.75) is 18.9 Å². The minimum absolute atomic E-state index is 0.140. The molecule has 0 aliphatic heterocycles. The fourth-order valence-corrected chi connectivity index (χ4v) is 1.41. The number of hydrazine groups is 1. The molecule has 1 aliphatic rings. The molecule has 5 nitrogen and oxygen atoms in total. The Labute approximate surface area is 92.0 Å². The maximum Gasteiger partial charge on any atom is 0.251 e. The van der Waals surface area contributed by atoms with Crippen LogP contribution < -0.4 is 16.6 Å². The highest BCUT2D eigenvalue weighted by atomic mass is 35.5. The van der Waals surface area contributed by atoms with E-state index in [-0.39, 0.29) is 11.1 Å². The molecule has 1 heterocycles. The molecule has 4 N–H and O–H groups in total. The van der Waals surface area contributed by atoms with E-state index >= 15 is 0 Å². The summed E-state index contributed by atoms with van der Waals surface area (Å²) in [4.78, 5) is 15.5. The Bertz CT molecular complexity index is 392. The Hall–Kier alpha value is -1.33. The first kappa shape index (κ1) is 10.2. The number of nitrogens with zero attached hydrogens (tertiary/aromatic N) is 1. The number of amides is 1. The Kier molecular flexibility index (Phi) is 2.75. The summed E-state index contributed by atoms with van der Waals surface area (Å²) >= 11 is 5.74. The van der Waals surface area contributed by atoms with Crippen molar-refractivity contribution in [1.82, 2.24) is 10.3 Å². The molecule has 1 saturated carbocycles. The number of hydrogen-bond acceptors (Lipinski definition) is 4. The molecule has 80 valence electrons. The van der Waals surface area contributed by atoms with Crippen molar-refractivity contribution in [3.05, 3.63) is 22.8 Å². The van der Waals surface area contributed by atoms with Gasteiger partial charge in [-0.2, -0.15) is 0 Å². The highest BCUT2D eigenvalue weighted by Crippen LogP contribution is 2.20. The molecule has 1 fully saturated rings. The zero-order valence-electron chi connectivity index (χ0n) is 7.96. The summed E-state index contributed by atoms with van der Waals surface area (Å²) in [6.45, 7) is 0. The van der Waals surface area contributed by atoms with Crippen LogP contribution in [0.2, 0.25) is 5.15 Å². The number of aromatic nitrogens is 1. The van der Waals surface area contributed by atoms with Crippen molar-refractivity contribution in [3.8, 4) is 0 Å². The van der Waals surface area contributed by atoms with Gasteiger partial charge >= 0.3 is 0 Å². The van der Waals surface area contributed by atoms with Crippen LogP contribution in [0.3, 0.4) is 0 Å². The van der Waals surface area contributed by atoms with Crippen LogP contribution in [0.4, 0.5) is 5.82 Å². The standard InChI is InChI=1S/C9H11ClN4O/c10-7-3-5(4-8(13-7)14-11)9(15)12-6-1-2-6/h3-4,6H,1-2,11H2,(H,12,15)(H,13,14). The molecule has 2 rings (SSSR count). The Morgan fingerprint density at radius 2 is 2.27 bits per heavy atom. The summed E-state index contributed by atoms with van der Waals surface area (Å²) in [7, 11) is 0. The van der Waals surface area contributed by atoms with Crippen molar-refractivity contribution in [3.63, 3.8) is 0 Å². The lowest BCUT2D eigenvalue weighted by molar-refractivity contribution is 0.0951. The van der Waals surface area contributed by atoms with Crippen LogP contribution in [0, 0.1) is 0 Å². The maximum absolute atomic E-state index is 11.6. The van der Waals surface area contributed by atoms with Gasteiger partial charge in [0.25, 0.3) is 5.91 Å². The fraction of sp³-hybridized carbons (Fsp3) is 0.333. The van der Waals surface area contributed by atoms with Crippen molar-refractivity contribution in [2.24, 2.45) is 5.84 Å². The molecule has 6 heteroatoms. The summed E-state index contributed by atoms with van der Waals surface area (Å²) in [6, 6.07) is 3.39. The molecule has 0 atom stereocenters. The number of nitrogen functional groups attached to an aromatic ring is 1. The highest BCUT2D eigenvalue weighted by molar-refractivity contribution is 6.29. The van der Waals surface area contributed by atoms with Gasteiger partial charge in [0.1, 0.15) is 11.0 Å². The smallest absolute Gasteiger partial charge is 0.251 e. The van der Waals surface area contributed by atoms with E-state index in [4.69, 9.17) is 17.4 Å². The summed E-state index contributed by atoms with van der Waals surface area (Å²) in [5.74, 6) is 5.44. The monoisotopic (exact) mass is 226 g/mol. The summed E-state index contributed by atoms with van der Waals surface area (Å²) in [5.41, 5.74) is 2.82. The number of halogens is 1. The molecule has 0 unspecified atom stereocenters. The molecular weight excluding hydrogens is 216 g/mol. The van der Waals surface area contributed by atoms with E-state index in [0.29, 0.717) is 17.4 Å². The Morgan fingerprint density at radius 3 is 2.87 bits per heavy atom. The Morgan fingerprint density at radius 1 is 1.53 bits per heavy atom. The quantitative estimate of drug-likeness (QED) is 0.407. The number of rotatable bonds is 3. The van der Waals surface area contributed by atoms with Crippen LogP contribution in [-0.2, 0) is 0 Å². The number of pyridine rings is 1. The summed E-state index contributed by atoms with van der Waals surface area (Å²) in [5, 5.41) is 3.10. The maximum atomic E-state index is 11.6. The van der Waals surface area contributed by atoms with Gasteiger partial charge in [-0.3, -0.25) is 4.79 Å². The second-order valence-electron chi connectivity index (χ2n) is 3.46. The Balaban J connectivity index is 2.17.